The van der Waals surface area contributed by atoms with Crippen molar-refractivity contribution in [2.24, 2.45) is 0 Å². The van der Waals surface area contributed by atoms with Crippen LogP contribution < -0.4 is 10.1 Å². The number of amides is 1. The molecule has 0 bridgehead atoms. The number of para-hydroxylation sites is 1. The molecule has 1 aromatic heterocycles. The summed E-state index contributed by atoms with van der Waals surface area (Å²) in [5.41, 5.74) is 2.37. The number of aromatic nitrogens is 2. The first-order chi connectivity index (χ1) is 13.6. The van der Waals surface area contributed by atoms with Crippen LogP contribution in [0, 0.1) is 6.92 Å². The summed E-state index contributed by atoms with van der Waals surface area (Å²) in [4.78, 5) is 12.8. The molecule has 28 heavy (non-hydrogen) atoms. The van der Waals surface area contributed by atoms with Crippen LogP contribution in [0.3, 0.4) is 0 Å². The minimum absolute atomic E-state index is 0.0886. The first kappa shape index (κ1) is 18.5. The van der Waals surface area contributed by atoms with Crippen molar-refractivity contribution in [3.8, 4) is 11.4 Å². The zero-order chi connectivity index (χ0) is 19.5. The Bertz CT molecular complexity index is 965. The molecule has 0 aliphatic carbocycles. The highest BCUT2D eigenvalue weighted by molar-refractivity contribution is 6.34. The first-order valence-corrected chi connectivity index (χ1v) is 9.46. The van der Waals surface area contributed by atoms with E-state index in [1.807, 2.05) is 42.5 Å². The molecule has 1 aliphatic heterocycles. The molecule has 1 N–H and O–H groups in total. The fourth-order valence-electron chi connectivity index (χ4n) is 3.11. The van der Waals surface area contributed by atoms with E-state index in [0.29, 0.717) is 23.6 Å². The SMILES string of the molecule is Cc1nn(-c2ccccc2)c(Cl)c1C(=O)Nc1ccc(O[C@@H]2CCOC2)cc1. The van der Waals surface area contributed by atoms with Gasteiger partial charge in [-0.3, -0.25) is 4.79 Å². The van der Waals surface area contributed by atoms with Crippen LogP contribution in [0.4, 0.5) is 5.69 Å². The predicted octanol–water partition coefficient (Wildman–Crippen LogP) is 4.25. The minimum Gasteiger partial charge on any atom is -0.488 e. The van der Waals surface area contributed by atoms with E-state index in [2.05, 4.69) is 10.4 Å². The van der Waals surface area contributed by atoms with Gasteiger partial charge in [0.15, 0.2) is 0 Å². The minimum atomic E-state index is -0.303. The summed E-state index contributed by atoms with van der Waals surface area (Å²) in [6.45, 7) is 3.11. The number of carbonyl (C=O) groups is 1. The number of nitrogens with one attached hydrogen (secondary N) is 1. The zero-order valence-electron chi connectivity index (χ0n) is 15.4. The number of hydrogen-bond acceptors (Lipinski definition) is 4. The fraction of sp³-hybridized carbons (Fsp3) is 0.238. The Balaban J connectivity index is 1.48. The lowest BCUT2D eigenvalue weighted by Gasteiger charge is -2.12. The van der Waals surface area contributed by atoms with Gasteiger partial charge in [-0.05, 0) is 43.3 Å². The number of carbonyl (C=O) groups excluding carboxylic acids is 1. The van der Waals surface area contributed by atoms with Crippen LogP contribution >= 0.6 is 11.6 Å². The normalized spacial score (nSPS) is 16.1. The molecule has 0 radical (unpaired) electrons. The summed E-state index contributed by atoms with van der Waals surface area (Å²) >= 11 is 6.45. The molecule has 2 aromatic carbocycles. The molecule has 1 aliphatic rings. The van der Waals surface area contributed by atoms with Gasteiger partial charge in [0.2, 0.25) is 0 Å². The Morgan fingerprint density at radius 2 is 1.96 bits per heavy atom. The summed E-state index contributed by atoms with van der Waals surface area (Å²) in [7, 11) is 0. The van der Waals surface area contributed by atoms with Crippen LogP contribution in [0.15, 0.2) is 54.6 Å². The number of aryl methyl sites for hydroxylation is 1. The maximum Gasteiger partial charge on any atom is 0.260 e. The van der Waals surface area contributed by atoms with Gasteiger partial charge in [0, 0.05) is 12.1 Å². The van der Waals surface area contributed by atoms with E-state index in [1.54, 1.807) is 23.7 Å². The van der Waals surface area contributed by atoms with Gasteiger partial charge >= 0.3 is 0 Å². The summed E-state index contributed by atoms with van der Waals surface area (Å²) in [5, 5.41) is 7.56. The third-order valence-corrected chi connectivity index (χ3v) is 4.88. The van der Waals surface area contributed by atoms with Crippen molar-refractivity contribution in [3.05, 3.63) is 71.0 Å². The molecule has 0 unspecified atom stereocenters. The van der Waals surface area contributed by atoms with Crippen LogP contribution in [0.2, 0.25) is 5.15 Å². The second kappa shape index (κ2) is 8.04. The third-order valence-electron chi connectivity index (χ3n) is 4.53. The molecule has 1 amide bonds. The van der Waals surface area contributed by atoms with Crippen LogP contribution in [-0.4, -0.2) is 35.0 Å². The number of nitrogens with zero attached hydrogens (tertiary/aromatic N) is 2. The van der Waals surface area contributed by atoms with Gasteiger partial charge in [-0.25, -0.2) is 4.68 Å². The van der Waals surface area contributed by atoms with E-state index < -0.39 is 0 Å². The van der Waals surface area contributed by atoms with E-state index in [4.69, 9.17) is 21.1 Å². The lowest BCUT2D eigenvalue weighted by Crippen LogP contribution is -2.16. The lowest BCUT2D eigenvalue weighted by molar-refractivity contribution is 0.102. The first-order valence-electron chi connectivity index (χ1n) is 9.08. The molecular weight excluding hydrogens is 378 g/mol. The van der Waals surface area contributed by atoms with Gasteiger partial charge in [0.05, 0.1) is 24.6 Å². The molecule has 144 valence electrons. The number of benzene rings is 2. The number of ether oxygens (including phenoxy) is 2. The second-order valence-corrected chi connectivity index (χ2v) is 6.94. The average molecular weight is 398 g/mol. The summed E-state index contributed by atoms with van der Waals surface area (Å²) in [6, 6.07) is 16.7. The van der Waals surface area contributed by atoms with Crippen molar-refractivity contribution >= 4 is 23.2 Å². The molecular formula is C21H20ClN3O3. The van der Waals surface area contributed by atoms with Gasteiger partial charge < -0.3 is 14.8 Å². The summed E-state index contributed by atoms with van der Waals surface area (Å²) in [6.07, 6.45) is 0.979. The maximum atomic E-state index is 12.8. The van der Waals surface area contributed by atoms with E-state index in [0.717, 1.165) is 24.5 Å². The van der Waals surface area contributed by atoms with Crippen molar-refractivity contribution in [1.29, 1.82) is 0 Å². The van der Waals surface area contributed by atoms with Crippen molar-refractivity contribution in [2.45, 2.75) is 19.4 Å². The number of hydrogen-bond donors (Lipinski definition) is 1. The molecule has 2 heterocycles. The van der Waals surface area contributed by atoms with Gasteiger partial charge in [0.1, 0.15) is 22.6 Å². The van der Waals surface area contributed by atoms with Crippen LogP contribution in [0.25, 0.3) is 5.69 Å². The Morgan fingerprint density at radius 1 is 1.21 bits per heavy atom. The molecule has 7 heteroatoms. The van der Waals surface area contributed by atoms with Gasteiger partial charge in [-0.2, -0.15) is 5.10 Å². The van der Waals surface area contributed by atoms with Gasteiger partial charge in [-0.1, -0.05) is 29.8 Å². The molecule has 1 saturated heterocycles. The Morgan fingerprint density at radius 3 is 2.64 bits per heavy atom. The van der Waals surface area contributed by atoms with E-state index in [9.17, 15) is 4.79 Å². The molecule has 4 rings (SSSR count). The Hall–Kier alpha value is -2.83. The van der Waals surface area contributed by atoms with Crippen molar-refractivity contribution < 1.29 is 14.3 Å². The Kier molecular flexibility index (Phi) is 5.32. The summed E-state index contributed by atoms with van der Waals surface area (Å²) in [5.74, 6) is 0.446. The van der Waals surface area contributed by atoms with E-state index in [1.165, 1.54) is 0 Å². The fourth-order valence-corrected chi connectivity index (χ4v) is 3.46. The topological polar surface area (TPSA) is 65.4 Å². The van der Waals surface area contributed by atoms with Crippen molar-refractivity contribution in [3.63, 3.8) is 0 Å². The number of halogens is 1. The lowest BCUT2D eigenvalue weighted by atomic mass is 10.2. The highest BCUT2D eigenvalue weighted by Crippen LogP contribution is 2.25. The molecule has 6 nitrogen and oxygen atoms in total. The van der Waals surface area contributed by atoms with Crippen LogP contribution in [-0.2, 0) is 4.74 Å². The monoisotopic (exact) mass is 397 g/mol. The second-order valence-electron chi connectivity index (χ2n) is 6.58. The van der Waals surface area contributed by atoms with E-state index >= 15 is 0 Å². The maximum absolute atomic E-state index is 12.8. The van der Waals surface area contributed by atoms with E-state index in [-0.39, 0.29) is 17.2 Å². The molecule has 1 atom stereocenters. The third kappa shape index (κ3) is 3.88. The molecule has 3 aromatic rings. The predicted molar refractivity (Wildman–Crippen MR) is 108 cm³/mol. The Labute approximate surface area is 168 Å². The van der Waals surface area contributed by atoms with Crippen molar-refractivity contribution in [2.75, 3.05) is 18.5 Å². The quantitative estimate of drug-likeness (QED) is 0.698. The highest BCUT2D eigenvalue weighted by atomic mass is 35.5. The summed E-state index contributed by atoms with van der Waals surface area (Å²) < 4.78 is 12.7. The average Bonchev–Trinajstić information content (AvgIpc) is 3.31. The number of rotatable bonds is 5. The molecule has 1 fully saturated rings. The van der Waals surface area contributed by atoms with Gasteiger partial charge in [-0.15, -0.1) is 0 Å². The largest absolute Gasteiger partial charge is 0.488 e. The smallest absolute Gasteiger partial charge is 0.260 e. The zero-order valence-corrected chi connectivity index (χ0v) is 16.1. The van der Waals surface area contributed by atoms with Crippen LogP contribution in [0.1, 0.15) is 22.5 Å². The van der Waals surface area contributed by atoms with Crippen molar-refractivity contribution in [1.82, 2.24) is 9.78 Å². The molecule has 0 spiro atoms. The van der Waals surface area contributed by atoms with Gasteiger partial charge in [0.25, 0.3) is 5.91 Å². The van der Waals surface area contributed by atoms with Crippen LogP contribution in [0.5, 0.6) is 5.75 Å². The number of anilines is 1. The molecule has 0 saturated carbocycles. The highest BCUT2D eigenvalue weighted by Gasteiger charge is 2.21. The standard InChI is InChI=1S/C21H20ClN3O3/c1-14-19(20(22)25(24-14)16-5-3-2-4-6-16)21(26)23-15-7-9-17(10-8-15)28-18-11-12-27-13-18/h2-10,18H,11-13H2,1H3,(H,23,26)/t18-/m1/s1.